The van der Waals surface area contributed by atoms with E-state index in [1.165, 1.54) is 99.4 Å². The first kappa shape index (κ1) is 29.2. The lowest BCUT2D eigenvalue weighted by atomic mass is 9.80. The first-order chi connectivity index (χ1) is 24.3. The zero-order valence-electron chi connectivity index (χ0n) is 29.0. The van der Waals surface area contributed by atoms with Gasteiger partial charge < -0.3 is 0 Å². The van der Waals surface area contributed by atoms with Crippen LogP contribution in [-0.4, -0.2) is 0 Å². The van der Waals surface area contributed by atoms with Crippen molar-refractivity contribution in [3.63, 3.8) is 0 Å². The van der Waals surface area contributed by atoms with Gasteiger partial charge in [0, 0.05) is 10.8 Å². The molecule has 10 rings (SSSR count). The molecule has 2 aliphatic carbocycles. The number of hydrogen-bond acceptors (Lipinski definition) is 0. The third-order valence-electron chi connectivity index (χ3n) is 11.9. The van der Waals surface area contributed by atoms with Crippen molar-refractivity contribution in [2.75, 3.05) is 0 Å². The molecule has 0 radical (unpaired) electrons. The molecule has 8 aromatic rings. The van der Waals surface area contributed by atoms with Crippen LogP contribution >= 0.6 is 0 Å². The zero-order valence-corrected chi connectivity index (χ0v) is 29.0. The fraction of sp³-hybridized carbons (Fsp3) is 0.120. The quantitative estimate of drug-likeness (QED) is 0.181. The molecule has 50 heavy (non-hydrogen) atoms. The molecule has 0 N–H and O–H groups in total. The highest BCUT2D eigenvalue weighted by atomic mass is 14.4. The van der Waals surface area contributed by atoms with E-state index in [2.05, 4.69) is 185 Å². The van der Waals surface area contributed by atoms with E-state index in [1.807, 2.05) is 0 Å². The van der Waals surface area contributed by atoms with Crippen LogP contribution in [0.25, 0.3) is 77.2 Å². The molecule has 0 unspecified atom stereocenters. The van der Waals surface area contributed by atoms with Crippen LogP contribution in [0.3, 0.4) is 0 Å². The van der Waals surface area contributed by atoms with Crippen LogP contribution in [0.4, 0.5) is 0 Å². The van der Waals surface area contributed by atoms with E-state index >= 15 is 0 Å². The molecule has 2 aliphatic rings. The summed E-state index contributed by atoms with van der Waals surface area (Å²) in [5.41, 5.74) is 18.7. The van der Waals surface area contributed by atoms with E-state index in [0.717, 1.165) is 0 Å². The highest BCUT2D eigenvalue weighted by Crippen LogP contribution is 2.54. The van der Waals surface area contributed by atoms with Gasteiger partial charge >= 0.3 is 0 Å². The Hall–Kier alpha value is -5.72. The van der Waals surface area contributed by atoms with Gasteiger partial charge in [-0.2, -0.15) is 0 Å². The lowest BCUT2D eigenvalue weighted by Crippen LogP contribution is -2.15. The first-order valence-electron chi connectivity index (χ1n) is 17.9. The van der Waals surface area contributed by atoms with Crippen molar-refractivity contribution in [1.29, 1.82) is 0 Å². The van der Waals surface area contributed by atoms with Crippen LogP contribution in [0, 0.1) is 0 Å². The summed E-state index contributed by atoms with van der Waals surface area (Å²) >= 11 is 0. The van der Waals surface area contributed by atoms with Crippen molar-refractivity contribution in [3.05, 3.63) is 180 Å². The minimum absolute atomic E-state index is 0.0454. The maximum atomic E-state index is 2.46. The molecule has 0 saturated carbocycles. The third kappa shape index (κ3) is 4.00. The standard InChI is InChI=1S/C50H38/c1-49(2)43-19-11-9-17-39(43)47-37-15-7-5-13-35(37)41(29-45(47)49)33-25-21-31(22-26-33)32-23-27-34(28-24-32)42-30-46-48(38-16-8-6-14-36(38)42)40-18-10-12-20-44(40)50(46,3)4/h5-30H,1-4H3. The Balaban J connectivity index is 1.03. The topological polar surface area (TPSA) is 0 Å². The van der Waals surface area contributed by atoms with E-state index in [9.17, 15) is 0 Å². The molecule has 0 heteroatoms. The molecule has 0 aromatic heterocycles. The second kappa shape index (κ2) is 10.4. The summed E-state index contributed by atoms with van der Waals surface area (Å²) < 4.78 is 0. The van der Waals surface area contributed by atoms with Crippen molar-refractivity contribution in [2.45, 2.75) is 38.5 Å². The van der Waals surface area contributed by atoms with Crippen LogP contribution < -0.4 is 0 Å². The second-order valence-electron chi connectivity index (χ2n) is 15.3. The Morgan fingerprint density at radius 1 is 0.280 bits per heavy atom. The van der Waals surface area contributed by atoms with E-state index in [4.69, 9.17) is 0 Å². The van der Waals surface area contributed by atoms with Gasteiger partial charge in [0.2, 0.25) is 0 Å². The summed E-state index contributed by atoms with van der Waals surface area (Å²) in [5, 5.41) is 5.29. The van der Waals surface area contributed by atoms with Crippen molar-refractivity contribution in [1.82, 2.24) is 0 Å². The van der Waals surface area contributed by atoms with Gasteiger partial charge in [0.05, 0.1) is 0 Å². The lowest BCUT2D eigenvalue weighted by molar-refractivity contribution is 0.661. The average Bonchev–Trinajstić information content (AvgIpc) is 3.54. The molecule has 0 nitrogen and oxygen atoms in total. The number of fused-ring (bicyclic) bond motifs is 10. The Morgan fingerprint density at radius 3 is 1.00 bits per heavy atom. The predicted octanol–water partition coefficient (Wildman–Crippen LogP) is 13.6. The molecule has 0 heterocycles. The van der Waals surface area contributed by atoms with Gasteiger partial charge in [-0.15, -0.1) is 0 Å². The lowest BCUT2D eigenvalue weighted by Gasteiger charge is -2.23. The van der Waals surface area contributed by atoms with Gasteiger partial charge in [0.15, 0.2) is 0 Å². The van der Waals surface area contributed by atoms with Crippen LogP contribution in [0.5, 0.6) is 0 Å². The molecule has 0 amide bonds. The Bertz CT molecular complexity index is 2480. The maximum Gasteiger partial charge on any atom is 0.0159 e. The largest absolute Gasteiger partial charge is 0.0619 e. The first-order valence-corrected chi connectivity index (χ1v) is 17.9. The second-order valence-corrected chi connectivity index (χ2v) is 15.3. The molecule has 0 bridgehead atoms. The maximum absolute atomic E-state index is 2.46. The molecule has 0 saturated heterocycles. The molecule has 0 aliphatic heterocycles. The summed E-state index contributed by atoms with van der Waals surface area (Å²) in [6, 6.07) is 59.1. The Kier molecular flexibility index (Phi) is 6.07. The highest BCUT2D eigenvalue weighted by molar-refractivity contribution is 6.10. The minimum Gasteiger partial charge on any atom is -0.0619 e. The van der Waals surface area contributed by atoms with E-state index in [1.54, 1.807) is 0 Å². The molecular formula is C50H38. The predicted molar refractivity (Wildman–Crippen MR) is 213 cm³/mol. The van der Waals surface area contributed by atoms with Crippen LogP contribution in [-0.2, 0) is 10.8 Å². The van der Waals surface area contributed by atoms with Gasteiger partial charge in [-0.1, -0.05) is 173 Å². The van der Waals surface area contributed by atoms with Crippen molar-refractivity contribution in [2.24, 2.45) is 0 Å². The monoisotopic (exact) mass is 638 g/mol. The highest BCUT2D eigenvalue weighted by Gasteiger charge is 2.38. The number of rotatable bonds is 3. The summed E-state index contributed by atoms with van der Waals surface area (Å²) in [5.74, 6) is 0. The minimum atomic E-state index is -0.0454. The van der Waals surface area contributed by atoms with Crippen molar-refractivity contribution < 1.29 is 0 Å². The van der Waals surface area contributed by atoms with E-state index in [-0.39, 0.29) is 10.8 Å². The van der Waals surface area contributed by atoms with Crippen LogP contribution in [0.2, 0.25) is 0 Å². The number of benzene rings is 8. The smallest absolute Gasteiger partial charge is 0.0159 e. The summed E-state index contributed by atoms with van der Waals surface area (Å²) in [6.07, 6.45) is 0. The Labute approximate surface area is 294 Å². The van der Waals surface area contributed by atoms with Crippen molar-refractivity contribution in [3.8, 4) is 55.6 Å². The van der Waals surface area contributed by atoms with E-state index < -0.39 is 0 Å². The molecule has 0 fully saturated rings. The molecular weight excluding hydrogens is 601 g/mol. The molecule has 238 valence electrons. The number of hydrogen-bond donors (Lipinski definition) is 0. The summed E-state index contributed by atoms with van der Waals surface area (Å²) in [4.78, 5) is 0. The third-order valence-corrected chi connectivity index (χ3v) is 11.9. The fourth-order valence-electron chi connectivity index (χ4n) is 9.26. The van der Waals surface area contributed by atoms with Crippen LogP contribution in [0.1, 0.15) is 49.9 Å². The molecule has 8 aromatic carbocycles. The average molecular weight is 639 g/mol. The SMILES string of the molecule is CC1(C)c2ccccc2-c2c1cc(-c1ccc(-c3ccc(-c4cc5c(c6ccccc46)-c4ccccc4C5(C)C)cc3)cc1)c1ccccc21. The van der Waals surface area contributed by atoms with Crippen LogP contribution in [0.15, 0.2) is 158 Å². The van der Waals surface area contributed by atoms with Gasteiger partial charge in [0.25, 0.3) is 0 Å². The van der Waals surface area contributed by atoms with E-state index in [0.29, 0.717) is 0 Å². The van der Waals surface area contributed by atoms with Crippen molar-refractivity contribution >= 4 is 21.5 Å². The van der Waals surface area contributed by atoms with Gasteiger partial charge in [-0.3, -0.25) is 0 Å². The summed E-state index contributed by atoms with van der Waals surface area (Å²) in [7, 11) is 0. The van der Waals surface area contributed by atoms with Gasteiger partial charge in [-0.05, 0) is 112 Å². The Morgan fingerprint density at radius 2 is 0.600 bits per heavy atom. The normalized spacial score (nSPS) is 14.7. The molecule has 0 atom stereocenters. The zero-order chi connectivity index (χ0) is 33.8. The fourth-order valence-corrected chi connectivity index (χ4v) is 9.26. The van der Waals surface area contributed by atoms with Gasteiger partial charge in [0.1, 0.15) is 0 Å². The molecule has 0 spiro atoms. The van der Waals surface area contributed by atoms with Gasteiger partial charge in [-0.25, -0.2) is 0 Å². The summed E-state index contributed by atoms with van der Waals surface area (Å²) in [6.45, 7) is 9.48.